The Balaban J connectivity index is 1.76. The van der Waals surface area contributed by atoms with Crippen molar-refractivity contribution < 1.29 is 0 Å². The molecular weight excluding hydrogens is 250 g/mol. The van der Waals surface area contributed by atoms with Gasteiger partial charge in [-0.05, 0) is 19.8 Å². The van der Waals surface area contributed by atoms with Crippen LogP contribution in [0, 0.1) is 0 Å². The van der Waals surface area contributed by atoms with Gasteiger partial charge in [-0.25, -0.2) is 4.79 Å². The molecular formula is C11H15N5OS. The van der Waals surface area contributed by atoms with Crippen molar-refractivity contribution in [3.8, 4) is 0 Å². The van der Waals surface area contributed by atoms with Crippen molar-refractivity contribution >= 4 is 16.5 Å². The van der Waals surface area contributed by atoms with E-state index < -0.39 is 0 Å². The number of rotatable bonds is 5. The topological polar surface area (TPSA) is 64.7 Å². The Morgan fingerprint density at radius 1 is 1.44 bits per heavy atom. The van der Waals surface area contributed by atoms with E-state index >= 15 is 0 Å². The summed E-state index contributed by atoms with van der Waals surface area (Å²) in [5.74, 6) is 0. The first-order chi connectivity index (χ1) is 8.78. The van der Waals surface area contributed by atoms with E-state index in [4.69, 9.17) is 0 Å². The lowest BCUT2D eigenvalue weighted by atomic mass is 10.6. The molecule has 1 fully saturated rings. The highest BCUT2D eigenvalue weighted by atomic mass is 32.1. The number of imidazole rings is 1. The summed E-state index contributed by atoms with van der Waals surface area (Å²) in [7, 11) is 0. The fourth-order valence-corrected chi connectivity index (χ4v) is 2.67. The Bertz CT molecular complexity index is 595. The third-order valence-electron chi connectivity index (χ3n) is 2.91. The second-order valence-corrected chi connectivity index (χ2v) is 5.44. The summed E-state index contributed by atoms with van der Waals surface area (Å²) in [4.78, 5) is 12.1. The molecule has 2 aromatic rings. The molecule has 0 saturated heterocycles. The number of nitrogens with one attached hydrogen (secondary N) is 1. The van der Waals surface area contributed by atoms with Gasteiger partial charge in [0.25, 0.3) is 0 Å². The number of hydrogen-bond donors (Lipinski definition) is 1. The van der Waals surface area contributed by atoms with Crippen LogP contribution >= 0.6 is 11.3 Å². The van der Waals surface area contributed by atoms with Gasteiger partial charge in [-0.1, -0.05) is 11.3 Å². The highest BCUT2D eigenvalue weighted by Crippen LogP contribution is 2.33. The van der Waals surface area contributed by atoms with Gasteiger partial charge < -0.3 is 5.32 Å². The smallest absolute Gasteiger partial charge is 0.328 e. The predicted molar refractivity (Wildman–Crippen MR) is 70.1 cm³/mol. The van der Waals surface area contributed by atoms with Crippen LogP contribution < -0.4 is 11.0 Å². The van der Waals surface area contributed by atoms with Gasteiger partial charge in [0.1, 0.15) is 5.01 Å². The third kappa shape index (κ3) is 2.17. The second kappa shape index (κ2) is 4.56. The van der Waals surface area contributed by atoms with Gasteiger partial charge in [0.2, 0.25) is 5.13 Å². The molecule has 2 heterocycles. The van der Waals surface area contributed by atoms with E-state index in [9.17, 15) is 4.79 Å². The Hall–Kier alpha value is -1.63. The molecule has 1 N–H and O–H groups in total. The standard InChI is InChI=1S/C11H15N5OS/c1-2-12-10-14-13-9(18-10)7-15-5-6-16(11(15)17)8-3-4-8/h5-6,8H,2-4,7H2,1H3,(H,12,14). The summed E-state index contributed by atoms with van der Waals surface area (Å²) in [6.45, 7) is 3.34. The maximum absolute atomic E-state index is 12.1. The van der Waals surface area contributed by atoms with Crippen LogP contribution in [-0.2, 0) is 6.54 Å². The molecule has 0 radical (unpaired) electrons. The minimum atomic E-state index is 0.0534. The molecule has 0 bridgehead atoms. The van der Waals surface area contributed by atoms with Crippen molar-refractivity contribution in [2.45, 2.75) is 32.4 Å². The van der Waals surface area contributed by atoms with Crippen molar-refractivity contribution in [2.75, 3.05) is 11.9 Å². The summed E-state index contributed by atoms with van der Waals surface area (Å²) < 4.78 is 3.50. The SMILES string of the molecule is CCNc1nnc(Cn2ccn(C3CC3)c2=O)s1. The van der Waals surface area contributed by atoms with Crippen LogP contribution in [0.2, 0.25) is 0 Å². The Morgan fingerprint density at radius 3 is 3.00 bits per heavy atom. The van der Waals surface area contributed by atoms with Gasteiger partial charge in [0, 0.05) is 25.0 Å². The molecule has 6 nitrogen and oxygen atoms in total. The van der Waals surface area contributed by atoms with E-state index in [0.717, 1.165) is 29.5 Å². The van der Waals surface area contributed by atoms with E-state index in [1.54, 1.807) is 4.57 Å². The number of aromatic nitrogens is 4. The average molecular weight is 265 g/mol. The number of hydrogen-bond acceptors (Lipinski definition) is 5. The summed E-state index contributed by atoms with van der Waals surface area (Å²) in [5.41, 5.74) is 0.0534. The molecule has 0 unspecified atom stereocenters. The van der Waals surface area contributed by atoms with E-state index in [-0.39, 0.29) is 5.69 Å². The van der Waals surface area contributed by atoms with E-state index in [1.807, 2.05) is 23.9 Å². The minimum Gasteiger partial charge on any atom is -0.360 e. The zero-order valence-electron chi connectivity index (χ0n) is 10.2. The molecule has 7 heteroatoms. The summed E-state index contributed by atoms with van der Waals surface area (Å²) >= 11 is 1.49. The van der Waals surface area contributed by atoms with Crippen LogP contribution in [0.25, 0.3) is 0 Å². The van der Waals surface area contributed by atoms with Crippen molar-refractivity contribution in [2.24, 2.45) is 0 Å². The molecule has 1 saturated carbocycles. The van der Waals surface area contributed by atoms with Crippen LogP contribution in [0.15, 0.2) is 17.2 Å². The molecule has 3 rings (SSSR count). The Labute approximate surface area is 108 Å². The highest BCUT2D eigenvalue weighted by Gasteiger charge is 2.25. The number of nitrogens with zero attached hydrogens (tertiary/aromatic N) is 4. The van der Waals surface area contributed by atoms with Crippen LogP contribution in [-0.4, -0.2) is 25.9 Å². The molecule has 0 aliphatic heterocycles. The molecule has 0 spiro atoms. The van der Waals surface area contributed by atoms with Gasteiger partial charge in [-0.3, -0.25) is 9.13 Å². The largest absolute Gasteiger partial charge is 0.360 e. The maximum atomic E-state index is 12.1. The zero-order chi connectivity index (χ0) is 12.5. The van der Waals surface area contributed by atoms with Crippen LogP contribution in [0.1, 0.15) is 30.8 Å². The second-order valence-electron chi connectivity index (χ2n) is 4.38. The van der Waals surface area contributed by atoms with E-state index in [2.05, 4.69) is 15.5 Å². The van der Waals surface area contributed by atoms with Gasteiger partial charge in [0.05, 0.1) is 6.54 Å². The monoisotopic (exact) mass is 265 g/mol. The number of anilines is 1. The van der Waals surface area contributed by atoms with Crippen molar-refractivity contribution in [3.63, 3.8) is 0 Å². The Morgan fingerprint density at radius 2 is 2.28 bits per heavy atom. The molecule has 1 aliphatic carbocycles. The third-order valence-corrected chi connectivity index (χ3v) is 3.78. The van der Waals surface area contributed by atoms with Gasteiger partial charge in [-0.15, -0.1) is 10.2 Å². The molecule has 18 heavy (non-hydrogen) atoms. The summed E-state index contributed by atoms with van der Waals surface area (Å²) in [6.07, 6.45) is 5.93. The normalized spacial score (nSPS) is 14.9. The first-order valence-corrected chi connectivity index (χ1v) is 6.93. The highest BCUT2D eigenvalue weighted by molar-refractivity contribution is 7.15. The molecule has 0 amide bonds. The average Bonchev–Trinajstić information content (AvgIpc) is 3.01. The van der Waals surface area contributed by atoms with E-state index in [1.165, 1.54) is 11.3 Å². The van der Waals surface area contributed by atoms with Crippen LogP contribution in [0.3, 0.4) is 0 Å². The van der Waals surface area contributed by atoms with E-state index in [0.29, 0.717) is 12.6 Å². The summed E-state index contributed by atoms with van der Waals surface area (Å²) in [6, 6.07) is 0.422. The molecule has 1 aliphatic rings. The fourth-order valence-electron chi connectivity index (χ4n) is 1.86. The lowest BCUT2D eigenvalue weighted by Gasteiger charge is -1.97. The van der Waals surface area contributed by atoms with Gasteiger partial charge in [-0.2, -0.15) is 0 Å². The zero-order valence-corrected chi connectivity index (χ0v) is 11.0. The lowest BCUT2D eigenvalue weighted by molar-refractivity contribution is 0.653. The molecule has 0 aromatic carbocycles. The summed E-state index contributed by atoms with van der Waals surface area (Å²) in [5, 5.41) is 12.9. The van der Waals surface area contributed by atoms with Crippen LogP contribution in [0.4, 0.5) is 5.13 Å². The quantitative estimate of drug-likeness (QED) is 0.885. The first-order valence-electron chi connectivity index (χ1n) is 6.11. The maximum Gasteiger partial charge on any atom is 0.328 e. The van der Waals surface area contributed by atoms with Crippen molar-refractivity contribution in [1.82, 2.24) is 19.3 Å². The molecule has 0 atom stereocenters. The minimum absolute atomic E-state index is 0.0534. The lowest BCUT2D eigenvalue weighted by Crippen LogP contribution is -2.23. The van der Waals surface area contributed by atoms with Crippen LogP contribution in [0.5, 0.6) is 0 Å². The van der Waals surface area contributed by atoms with Gasteiger partial charge >= 0.3 is 5.69 Å². The molecule has 96 valence electrons. The fraction of sp³-hybridized carbons (Fsp3) is 0.545. The molecule has 2 aromatic heterocycles. The predicted octanol–water partition coefficient (Wildman–Crippen LogP) is 1.32. The van der Waals surface area contributed by atoms with Crippen molar-refractivity contribution in [3.05, 3.63) is 27.9 Å². The Kier molecular flexibility index (Phi) is 2.91. The first kappa shape index (κ1) is 11.5. The van der Waals surface area contributed by atoms with Crippen molar-refractivity contribution in [1.29, 1.82) is 0 Å². The van der Waals surface area contributed by atoms with Gasteiger partial charge in [0.15, 0.2) is 0 Å².